The second kappa shape index (κ2) is 8.81. The third-order valence-corrected chi connectivity index (χ3v) is 3.88. The Bertz CT molecular complexity index is 1130. The molecule has 0 heterocycles. The van der Waals surface area contributed by atoms with E-state index in [1.807, 2.05) is 0 Å². The number of ether oxygens (including phenoxy) is 1. The van der Waals surface area contributed by atoms with E-state index in [1.165, 1.54) is 7.11 Å². The third-order valence-electron chi connectivity index (χ3n) is 3.88. The Hall–Kier alpha value is -3.98. The fraction of sp³-hybridized carbons (Fsp3) is 0.0435. The van der Waals surface area contributed by atoms with Crippen molar-refractivity contribution >= 4 is 17.6 Å². The van der Waals surface area contributed by atoms with Crippen molar-refractivity contribution in [1.82, 2.24) is 0 Å². The molecule has 6 heteroatoms. The Morgan fingerprint density at radius 2 is 1.45 bits per heavy atom. The number of benzene rings is 3. The van der Waals surface area contributed by atoms with Crippen molar-refractivity contribution in [2.45, 2.75) is 0 Å². The molecule has 0 spiro atoms. The minimum Gasteiger partial charge on any atom is -0.465 e. The van der Waals surface area contributed by atoms with Crippen LogP contribution in [0.4, 0.5) is 14.5 Å². The van der Waals surface area contributed by atoms with Crippen LogP contribution >= 0.6 is 0 Å². The summed E-state index contributed by atoms with van der Waals surface area (Å²) < 4.78 is 31.3. The van der Waals surface area contributed by atoms with Gasteiger partial charge < -0.3 is 10.1 Å². The summed E-state index contributed by atoms with van der Waals surface area (Å²) in [6, 6.07) is 16.0. The Morgan fingerprint density at radius 1 is 0.828 bits per heavy atom. The van der Waals surface area contributed by atoms with Crippen molar-refractivity contribution in [3.05, 3.63) is 101 Å². The molecule has 144 valence electrons. The monoisotopic (exact) mass is 391 g/mol. The van der Waals surface area contributed by atoms with Gasteiger partial charge in [0.1, 0.15) is 11.6 Å². The lowest BCUT2D eigenvalue weighted by molar-refractivity contribution is 0.0600. The number of methoxy groups -OCH3 is 1. The smallest absolute Gasteiger partial charge is 0.337 e. The van der Waals surface area contributed by atoms with Gasteiger partial charge in [-0.05, 0) is 48.5 Å². The van der Waals surface area contributed by atoms with Gasteiger partial charge in [-0.2, -0.15) is 0 Å². The van der Waals surface area contributed by atoms with Crippen molar-refractivity contribution in [2.75, 3.05) is 12.4 Å². The topological polar surface area (TPSA) is 55.4 Å². The molecule has 3 aromatic carbocycles. The van der Waals surface area contributed by atoms with Crippen LogP contribution in [0.25, 0.3) is 0 Å². The summed E-state index contributed by atoms with van der Waals surface area (Å²) in [6.07, 6.45) is 0. The number of carbonyl (C=O) groups excluding carboxylic acids is 2. The van der Waals surface area contributed by atoms with Crippen LogP contribution in [-0.4, -0.2) is 19.0 Å². The normalized spacial score (nSPS) is 9.90. The number of esters is 1. The second-order valence-electron chi connectivity index (χ2n) is 6.02. The molecule has 0 aliphatic carbocycles. The molecular weight excluding hydrogens is 376 g/mol. The molecule has 1 amide bonds. The highest BCUT2D eigenvalue weighted by atomic mass is 19.1. The van der Waals surface area contributed by atoms with Crippen molar-refractivity contribution < 1.29 is 23.1 Å². The number of halogens is 2. The molecule has 3 rings (SSSR count). The highest BCUT2D eigenvalue weighted by Crippen LogP contribution is 2.14. The van der Waals surface area contributed by atoms with Crippen molar-refractivity contribution in [3.8, 4) is 11.8 Å². The minimum absolute atomic E-state index is 0.126. The van der Waals surface area contributed by atoms with E-state index in [1.54, 1.807) is 48.5 Å². The van der Waals surface area contributed by atoms with E-state index in [9.17, 15) is 18.4 Å². The molecule has 0 bridgehead atoms. The largest absolute Gasteiger partial charge is 0.465 e. The zero-order chi connectivity index (χ0) is 20.8. The lowest BCUT2D eigenvalue weighted by Crippen LogP contribution is -2.12. The van der Waals surface area contributed by atoms with Crippen LogP contribution in [-0.2, 0) is 4.74 Å². The van der Waals surface area contributed by atoms with E-state index >= 15 is 0 Å². The average Bonchev–Trinajstić information content (AvgIpc) is 2.71. The Balaban J connectivity index is 1.78. The zero-order valence-corrected chi connectivity index (χ0v) is 15.3. The zero-order valence-electron chi connectivity index (χ0n) is 15.3. The molecule has 0 atom stereocenters. The first-order chi connectivity index (χ1) is 13.9. The van der Waals surface area contributed by atoms with Crippen molar-refractivity contribution in [1.29, 1.82) is 0 Å². The fourth-order valence-electron chi connectivity index (χ4n) is 2.55. The van der Waals surface area contributed by atoms with Crippen molar-refractivity contribution in [3.63, 3.8) is 0 Å². The minimum atomic E-state index is -0.830. The molecule has 0 radical (unpaired) electrons. The summed E-state index contributed by atoms with van der Waals surface area (Å²) in [6.45, 7) is 0. The first-order valence-electron chi connectivity index (χ1n) is 8.52. The van der Waals surface area contributed by atoms with Gasteiger partial charge in [-0.25, -0.2) is 13.6 Å². The summed E-state index contributed by atoms with van der Waals surface area (Å²) >= 11 is 0. The molecule has 0 aromatic heterocycles. The molecule has 0 aliphatic rings. The number of nitrogens with one attached hydrogen (secondary N) is 1. The molecular formula is C23H15F2NO3. The van der Waals surface area contributed by atoms with E-state index in [-0.39, 0.29) is 5.56 Å². The Kier molecular flexibility index (Phi) is 6.00. The van der Waals surface area contributed by atoms with Gasteiger partial charge >= 0.3 is 5.97 Å². The summed E-state index contributed by atoms with van der Waals surface area (Å²) in [5.74, 6) is 3.13. The molecule has 0 aliphatic heterocycles. The number of anilines is 1. The lowest BCUT2D eigenvalue weighted by atomic mass is 10.1. The maximum Gasteiger partial charge on any atom is 0.337 e. The van der Waals surface area contributed by atoms with E-state index in [4.69, 9.17) is 0 Å². The Labute approximate surface area is 166 Å². The predicted molar refractivity (Wildman–Crippen MR) is 105 cm³/mol. The summed E-state index contributed by atoms with van der Waals surface area (Å²) in [7, 11) is 1.30. The second-order valence-corrected chi connectivity index (χ2v) is 6.02. The first kappa shape index (κ1) is 19.8. The quantitative estimate of drug-likeness (QED) is 0.532. The number of amides is 1. The summed E-state index contributed by atoms with van der Waals surface area (Å²) in [5, 5.41) is 2.58. The first-order valence-corrected chi connectivity index (χ1v) is 8.52. The molecule has 0 fully saturated rings. The molecule has 0 unspecified atom stereocenters. The van der Waals surface area contributed by atoms with E-state index in [0.717, 1.165) is 12.1 Å². The van der Waals surface area contributed by atoms with Crippen LogP contribution in [0.5, 0.6) is 0 Å². The van der Waals surface area contributed by atoms with Gasteiger partial charge in [0.15, 0.2) is 0 Å². The number of hydrogen-bond acceptors (Lipinski definition) is 3. The maximum absolute atomic E-state index is 13.3. The maximum atomic E-state index is 13.3. The van der Waals surface area contributed by atoms with E-state index in [2.05, 4.69) is 21.9 Å². The Morgan fingerprint density at radius 3 is 2.10 bits per heavy atom. The van der Waals surface area contributed by atoms with Crippen LogP contribution in [0.1, 0.15) is 31.8 Å². The van der Waals surface area contributed by atoms with Gasteiger partial charge in [-0.3, -0.25) is 4.79 Å². The molecule has 3 aromatic rings. The van der Waals surface area contributed by atoms with Crippen molar-refractivity contribution in [2.24, 2.45) is 0 Å². The third kappa shape index (κ3) is 5.27. The van der Waals surface area contributed by atoms with Gasteiger partial charge in [0.25, 0.3) is 5.91 Å². The van der Waals surface area contributed by atoms with Crippen LogP contribution in [0.2, 0.25) is 0 Å². The van der Waals surface area contributed by atoms with Gasteiger partial charge in [-0.15, -0.1) is 0 Å². The number of hydrogen-bond donors (Lipinski definition) is 1. The van der Waals surface area contributed by atoms with Crippen LogP contribution < -0.4 is 5.32 Å². The SMILES string of the molecule is COC(=O)c1cccc(C#Cc2cccc(NC(=O)c3cc(F)cc(F)c3)c2)c1. The van der Waals surface area contributed by atoms with Gasteiger partial charge in [0.2, 0.25) is 0 Å². The average molecular weight is 391 g/mol. The number of carbonyl (C=O) groups is 2. The lowest BCUT2D eigenvalue weighted by Gasteiger charge is -2.06. The van der Waals surface area contributed by atoms with Crippen LogP contribution in [0, 0.1) is 23.5 Å². The highest BCUT2D eigenvalue weighted by molar-refractivity contribution is 6.04. The van der Waals surface area contributed by atoms with Gasteiger partial charge in [-0.1, -0.05) is 24.0 Å². The van der Waals surface area contributed by atoms with Gasteiger partial charge in [0, 0.05) is 28.4 Å². The summed E-state index contributed by atoms with van der Waals surface area (Å²) in [5.41, 5.74) is 1.92. The number of rotatable bonds is 3. The fourth-order valence-corrected chi connectivity index (χ4v) is 2.55. The van der Waals surface area contributed by atoms with Crippen LogP contribution in [0.3, 0.4) is 0 Å². The highest BCUT2D eigenvalue weighted by Gasteiger charge is 2.10. The molecule has 29 heavy (non-hydrogen) atoms. The molecule has 0 saturated carbocycles. The predicted octanol–water partition coefficient (Wildman–Crippen LogP) is 4.40. The van der Waals surface area contributed by atoms with Crippen LogP contribution in [0.15, 0.2) is 66.7 Å². The standard InChI is InChI=1S/C23H15F2NO3/c1-29-23(28)17-6-2-4-15(10-17)8-9-16-5-3-7-21(11-16)26-22(27)18-12-19(24)14-20(25)13-18/h2-7,10-14H,1H3,(H,26,27). The molecule has 4 nitrogen and oxygen atoms in total. The molecule has 1 N–H and O–H groups in total. The summed E-state index contributed by atoms with van der Waals surface area (Å²) in [4.78, 5) is 23.8. The van der Waals surface area contributed by atoms with Gasteiger partial charge in [0.05, 0.1) is 12.7 Å². The molecule has 0 saturated heterocycles. The van der Waals surface area contributed by atoms with E-state index in [0.29, 0.717) is 28.4 Å². The van der Waals surface area contributed by atoms with E-state index < -0.39 is 23.5 Å².